The molecular formula is C24H21N3O5. The van der Waals surface area contributed by atoms with Crippen molar-refractivity contribution < 1.29 is 24.6 Å². The summed E-state index contributed by atoms with van der Waals surface area (Å²) in [6.45, 7) is 0.382. The number of hydrogen-bond donors (Lipinski definition) is 4. The number of ether oxygens (including phenoxy) is 1. The summed E-state index contributed by atoms with van der Waals surface area (Å²) < 4.78 is 5.66. The van der Waals surface area contributed by atoms with E-state index in [0.717, 1.165) is 11.6 Å². The summed E-state index contributed by atoms with van der Waals surface area (Å²) >= 11 is 0. The van der Waals surface area contributed by atoms with Gasteiger partial charge in [0.2, 0.25) is 0 Å². The van der Waals surface area contributed by atoms with Crippen molar-refractivity contribution in [1.82, 2.24) is 10.9 Å². The third-order valence-electron chi connectivity index (χ3n) is 4.33. The van der Waals surface area contributed by atoms with E-state index >= 15 is 0 Å². The molecule has 162 valence electrons. The molecule has 3 rings (SSSR count). The summed E-state index contributed by atoms with van der Waals surface area (Å²) in [7, 11) is 0. The van der Waals surface area contributed by atoms with Gasteiger partial charge < -0.3 is 9.84 Å². The number of hydrazone groups is 1. The second-order valence-electron chi connectivity index (χ2n) is 6.63. The third-order valence-corrected chi connectivity index (χ3v) is 4.33. The Kier molecular flexibility index (Phi) is 7.72. The first-order valence-electron chi connectivity index (χ1n) is 9.60. The fourth-order valence-electron chi connectivity index (χ4n) is 2.64. The molecule has 0 unspecified atom stereocenters. The number of carbonyl (C=O) groups is 2. The number of benzene rings is 3. The molecule has 3 aromatic carbocycles. The minimum absolute atomic E-state index is 0.0309. The minimum atomic E-state index is -0.653. The Labute approximate surface area is 184 Å². The van der Waals surface area contributed by atoms with Gasteiger partial charge in [-0.3, -0.25) is 14.8 Å². The molecule has 0 aliphatic carbocycles. The lowest BCUT2D eigenvalue weighted by molar-refractivity contribution is -0.124. The zero-order chi connectivity index (χ0) is 22.8. The van der Waals surface area contributed by atoms with Gasteiger partial charge in [0.25, 0.3) is 11.8 Å². The number of amides is 2. The lowest BCUT2D eigenvalue weighted by Crippen LogP contribution is -2.17. The topological polar surface area (TPSA) is 120 Å². The van der Waals surface area contributed by atoms with Crippen molar-refractivity contribution in [3.63, 3.8) is 0 Å². The van der Waals surface area contributed by atoms with Gasteiger partial charge in [-0.2, -0.15) is 5.10 Å². The maximum absolute atomic E-state index is 12.2. The van der Waals surface area contributed by atoms with E-state index in [-0.39, 0.29) is 5.75 Å². The van der Waals surface area contributed by atoms with Gasteiger partial charge >= 0.3 is 0 Å². The molecule has 3 aromatic rings. The smallest absolute Gasteiger partial charge is 0.271 e. The highest BCUT2D eigenvalue weighted by atomic mass is 16.5. The second kappa shape index (κ2) is 11.1. The Bertz CT molecular complexity index is 1130. The predicted molar refractivity (Wildman–Crippen MR) is 119 cm³/mol. The molecule has 2 amide bonds. The molecule has 0 aliphatic heterocycles. The monoisotopic (exact) mass is 431 g/mol. The Morgan fingerprint density at radius 2 is 1.75 bits per heavy atom. The number of aromatic hydroxyl groups is 1. The van der Waals surface area contributed by atoms with Gasteiger partial charge in [0, 0.05) is 23.3 Å². The van der Waals surface area contributed by atoms with Crippen molar-refractivity contribution >= 4 is 24.1 Å². The summed E-state index contributed by atoms with van der Waals surface area (Å²) in [6, 6.07) is 20.9. The number of phenolic OH excluding ortho intramolecular Hbond substituents is 1. The van der Waals surface area contributed by atoms with Gasteiger partial charge in [0.05, 0.1) is 6.21 Å². The number of nitrogens with zero attached hydrogens (tertiary/aromatic N) is 1. The highest BCUT2D eigenvalue weighted by Gasteiger charge is 2.05. The molecule has 0 saturated carbocycles. The van der Waals surface area contributed by atoms with E-state index in [0.29, 0.717) is 29.0 Å². The van der Waals surface area contributed by atoms with E-state index < -0.39 is 11.8 Å². The Hall–Kier alpha value is -4.43. The molecule has 0 bridgehead atoms. The van der Waals surface area contributed by atoms with Crippen molar-refractivity contribution in [2.24, 2.45) is 5.10 Å². The van der Waals surface area contributed by atoms with Crippen LogP contribution in [0.4, 0.5) is 0 Å². The number of nitrogens with one attached hydrogen (secondary N) is 2. The summed E-state index contributed by atoms with van der Waals surface area (Å²) in [4.78, 5) is 23.2. The molecule has 8 heteroatoms. The second-order valence-corrected chi connectivity index (χ2v) is 6.63. The van der Waals surface area contributed by atoms with Crippen LogP contribution < -0.4 is 15.6 Å². The van der Waals surface area contributed by atoms with Crippen LogP contribution in [0.25, 0.3) is 6.08 Å². The normalized spacial score (nSPS) is 10.9. The molecule has 0 aromatic heterocycles. The SMILES string of the molecule is O=C(/C=C/c1ccc(C(=O)N/N=C/c2ccc(OCc3ccccc3)cc2O)cc1)NO. The standard InChI is InChI=1S/C24H21N3O5/c28-22-14-21(32-16-18-4-2-1-3-5-18)12-11-20(22)15-25-26-24(30)19-9-6-17(7-10-19)8-13-23(29)27-31/h1-15,28,31H,16H2,(H,26,30)(H,27,29)/b13-8+,25-15+. The lowest BCUT2D eigenvalue weighted by atomic mass is 10.1. The van der Waals surface area contributed by atoms with Crippen LogP contribution in [0.3, 0.4) is 0 Å². The van der Waals surface area contributed by atoms with Gasteiger partial charge in [-0.05, 0) is 41.5 Å². The van der Waals surface area contributed by atoms with Crippen molar-refractivity contribution in [2.45, 2.75) is 6.61 Å². The average molecular weight is 431 g/mol. The van der Waals surface area contributed by atoms with E-state index in [4.69, 9.17) is 9.94 Å². The van der Waals surface area contributed by atoms with E-state index in [2.05, 4.69) is 10.5 Å². The van der Waals surface area contributed by atoms with Crippen LogP contribution in [-0.2, 0) is 11.4 Å². The van der Waals surface area contributed by atoms with Gasteiger partial charge in [0.15, 0.2) is 0 Å². The van der Waals surface area contributed by atoms with Crippen LogP contribution in [0.1, 0.15) is 27.0 Å². The molecular weight excluding hydrogens is 410 g/mol. The molecule has 4 N–H and O–H groups in total. The van der Waals surface area contributed by atoms with Crippen LogP contribution in [0, 0.1) is 0 Å². The fourth-order valence-corrected chi connectivity index (χ4v) is 2.64. The van der Waals surface area contributed by atoms with E-state index in [1.165, 1.54) is 23.8 Å². The third kappa shape index (κ3) is 6.54. The zero-order valence-corrected chi connectivity index (χ0v) is 16.9. The highest BCUT2D eigenvalue weighted by molar-refractivity contribution is 5.95. The molecule has 0 radical (unpaired) electrons. The Morgan fingerprint density at radius 1 is 1.00 bits per heavy atom. The molecule has 0 atom stereocenters. The number of phenols is 1. The Morgan fingerprint density at radius 3 is 2.44 bits per heavy atom. The average Bonchev–Trinajstić information content (AvgIpc) is 2.83. The maximum atomic E-state index is 12.2. The molecule has 0 spiro atoms. The number of hydrogen-bond acceptors (Lipinski definition) is 6. The number of hydroxylamine groups is 1. The van der Waals surface area contributed by atoms with Crippen LogP contribution in [0.5, 0.6) is 11.5 Å². The molecule has 32 heavy (non-hydrogen) atoms. The maximum Gasteiger partial charge on any atom is 0.271 e. The first-order valence-corrected chi connectivity index (χ1v) is 9.60. The number of carbonyl (C=O) groups excluding carboxylic acids is 2. The summed E-state index contributed by atoms with van der Waals surface area (Å²) in [5.74, 6) is -0.609. The molecule has 0 aliphatic rings. The molecule has 0 fully saturated rings. The fraction of sp³-hybridized carbons (Fsp3) is 0.0417. The van der Waals surface area contributed by atoms with Crippen molar-refractivity contribution in [1.29, 1.82) is 0 Å². The first-order chi connectivity index (χ1) is 15.5. The largest absolute Gasteiger partial charge is 0.507 e. The van der Waals surface area contributed by atoms with Crippen LogP contribution in [0.15, 0.2) is 84.0 Å². The van der Waals surface area contributed by atoms with Crippen molar-refractivity contribution in [3.8, 4) is 11.5 Å². The minimum Gasteiger partial charge on any atom is -0.507 e. The first kappa shape index (κ1) is 22.3. The predicted octanol–water partition coefficient (Wildman–Crippen LogP) is 3.25. The van der Waals surface area contributed by atoms with Crippen LogP contribution in [0.2, 0.25) is 0 Å². The van der Waals surface area contributed by atoms with Crippen molar-refractivity contribution in [3.05, 3.63) is 101 Å². The Balaban J connectivity index is 1.54. The van der Waals surface area contributed by atoms with Gasteiger partial charge in [-0.25, -0.2) is 10.9 Å². The van der Waals surface area contributed by atoms with Crippen LogP contribution in [-0.4, -0.2) is 28.3 Å². The number of rotatable bonds is 8. The molecule has 0 saturated heterocycles. The van der Waals surface area contributed by atoms with E-state index in [1.807, 2.05) is 30.3 Å². The zero-order valence-electron chi connectivity index (χ0n) is 16.9. The van der Waals surface area contributed by atoms with Gasteiger partial charge in [-0.1, -0.05) is 42.5 Å². The van der Waals surface area contributed by atoms with E-state index in [1.54, 1.807) is 36.4 Å². The quantitative estimate of drug-likeness (QED) is 0.189. The van der Waals surface area contributed by atoms with Gasteiger partial charge in [0.1, 0.15) is 18.1 Å². The summed E-state index contributed by atoms with van der Waals surface area (Å²) in [5, 5.41) is 22.5. The highest BCUT2D eigenvalue weighted by Crippen LogP contribution is 2.23. The lowest BCUT2D eigenvalue weighted by Gasteiger charge is -2.08. The van der Waals surface area contributed by atoms with Crippen molar-refractivity contribution in [2.75, 3.05) is 0 Å². The van der Waals surface area contributed by atoms with Gasteiger partial charge in [-0.15, -0.1) is 0 Å². The molecule has 8 nitrogen and oxygen atoms in total. The summed E-state index contributed by atoms with van der Waals surface area (Å²) in [5.41, 5.74) is 6.34. The van der Waals surface area contributed by atoms with E-state index in [9.17, 15) is 14.7 Å². The summed E-state index contributed by atoms with van der Waals surface area (Å²) in [6.07, 6.45) is 3.98. The molecule has 0 heterocycles. The van der Waals surface area contributed by atoms with Crippen LogP contribution >= 0.6 is 0 Å².